The van der Waals surface area contributed by atoms with E-state index in [4.69, 9.17) is 4.74 Å². The van der Waals surface area contributed by atoms with Crippen molar-refractivity contribution in [2.75, 3.05) is 6.61 Å². The number of aromatic nitrogens is 2. The van der Waals surface area contributed by atoms with Gasteiger partial charge in [0.05, 0.1) is 11.1 Å². The predicted octanol–water partition coefficient (Wildman–Crippen LogP) is 3.47. The van der Waals surface area contributed by atoms with Crippen LogP contribution in [-0.2, 0) is 17.9 Å². The molecule has 0 atom stereocenters. The van der Waals surface area contributed by atoms with Crippen LogP contribution < -0.4 is 0 Å². The summed E-state index contributed by atoms with van der Waals surface area (Å²) in [5, 5.41) is 4.49. The van der Waals surface area contributed by atoms with E-state index >= 15 is 0 Å². The zero-order valence-corrected chi connectivity index (χ0v) is 12.1. The van der Waals surface area contributed by atoms with Crippen molar-refractivity contribution >= 4 is 15.9 Å². The topological polar surface area (TPSA) is 27.1 Å². The highest BCUT2D eigenvalue weighted by atomic mass is 79.9. The molecule has 0 aliphatic rings. The Labute approximate surface area is 106 Å². The predicted molar refractivity (Wildman–Crippen MR) is 69.3 cm³/mol. The molecule has 0 fully saturated rings. The first-order valence-corrected chi connectivity index (χ1v) is 6.58. The maximum atomic E-state index is 5.57. The molecule has 0 aliphatic carbocycles. The van der Waals surface area contributed by atoms with E-state index in [2.05, 4.69) is 48.7 Å². The molecule has 0 N–H and O–H groups in total. The van der Waals surface area contributed by atoms with Crippen LogP contribution in [0.5, 0.6) is 0 Å². The maximum absolute atomic E-state index is 5.57. The standard InChI is InChI=1S/C12H21BrN2O/c1-9(2)5-15-6-11(13)12(14-15)8-16-7-10(3)4/h6,9-10H,5,7-8H2,1-4H3. The van der Waals surface area contributed by atoms with Crippen molar-refractivity contribution in [3.05, 3.63) is 16.4 Å². The number of nitrogens with zero attached hydrogens (tertiary/aromatic N) is 2. The molecule has 0 radical (unpaired) electrons. The van der Waals surface area contributed by atoms with Gasteiger partial charge in [-0.1, -0.05) is 27.7 Å². The Hall–Kier alpha value is -0.350. The van der Waals surface area contributed by atoms with Gasteiger partial charge in [0.1, 0.15) is 5.69 Å². The van der Waals surface area contributed by atoms with E-state index in [1.165, 1.54) is 0 Å². The van der Waals surface area contributed by atoms with Gasteiger partial charge >= 0.3 is 0 Å². The van der Waals surface area contributed by atoms with Crippen LogP contribution in [0.1, 0.15) is 33.4 Å². The molecular weight excluding hydrogens is 268 g/mol. The maximum Gasteiger partial charge on any atom is 0.102 e. The van der Waals surface area contributed by atoms with E-state index in [0.717, 1.165) is 23.3 Å². The molecule has 0 aliphatic heterocycles. The van der Waals surface area contributed by atoms with Crippen molar-refractivity contribution in [1.82, 2.24) is 9.78 Å². The van der Waals surface area contributed by atoms with Gasteiger partial charge in [0.25, 0.3) is 0 Å². The summed E-state index contributed by atoms with van der Waals surface area (Å²) < 4.78 is 8.59. The summed E-state index contributed by atoms with van der Waals surface area (Å²) in [7, 11) is 0. The van der Waals surface area contributed by atoms with E-state index < -0.39 is 0 Å². The minimum Gasteiger partial charge on any atom is -0.375 e. The summed E-state index contributed by atoms with van der Waals surface area (Å²) in [5.74, 6) is 1.17. The molecule has 92 valence electrons. The number of rotatable bonds is 6. The lowest BCUT2D eigenvalue weighted by Gasteiger charge is -2.05. The zero-order chi connectivity index (χ0) is 12.1. The van der Waals surface area contributed by atoms with Crippen LogP contribution in [0, 0.1) is 11.8 Å². The molecule has 1 heterocycles. The van der Waals surface area contributed by atoms with Crippen LogP contribution >= 0.6 is 15.9 Å². The van der Waals surface area contributed by atoms with Crippen molar-refractivity contribution in [3.8, 4) is 0 Å². The van der Waals surface area contributed by atoms with Crippen LogP contribution in [0.25, 0.3) is 0 Å². The molecule has 0 amide bonds. The molecule has 0 saturated carbocycles. The van der Waals surface area contributed by atoms with Gasteiger partial charge in [0.15, 0.2) is 0 Å². The molecule has 0 aromatic carbocycles. The molecule has 16 heavy (non-hydrogen) atoms. The smallest absolute Gasteiger partial charge is 0.102 e. The Kier molecular flexibility index (Phi) is 5.49. The van der Waals surface area contributed by atoms with E-state index in [0.29, 0.717) is 18.4 Å². The molecular formula is C12H21BrN2O. The van der Waals surface area contributed by atoms with Crippen molar-refractivity contribution in [2.45, 2.75) is 40.8 Å². The summed E-state index contributed by atoms with van der Waals surface area (Å²) in [4.78, 5) is 0. The Morgan fingerprint density at radius 2 is 2.00 bits per heavy atom. The van der Waals surface area contributed by atoms with Gasteiger partial charge in [-0.2, -0.15) is 5.10 Å². The summed E-state index contributed by atoms with van der Waals surface area (Å²) in [5.41, 5.74) is 0.987. The average Bonchev–Trinajstić information content (AvgIpc) is 2.45. The fourth-order valence-corrected chi connectivity index (χ4v) is 1.82. The third-order valence-electron chi connectivity index (χ3n) is 2.03. The van der Waals surface area contributed by atoms with Crippen molar-refractivity contribution in [3.63, 3.8) is 0 Å². The van der Waals surface area contributed by atoms with Gasteiger partial charge in [-0.15, -0.1) is 0 Å². The SMILES string of the molecule is CC(C)COCc1nn(CC(C)C)cc1Br. The molecule has 1 rings (SSSR count). The van der Waals surface area contributed by atoms with Gasteiger partial charge < -0.3 is 4.74 Å². The second-order valence-electron chi connectivity index (χ2n) is 4.95. The molecule has 0 saturated heterocycles. The van der Waals surface area contributed by atoms with Gasteiger partial charge in [-0.25, -0.2) is 0 Å². The minimum absolute atomic E-state index is 0.566. The first-order chi connectivity index (χ1) is 7.49. The van der Waals surface area contributed by atoms with Crippen LogP contribution in [0.4, 0.5) is 0 Å². The molecule has 4 heteroatoms. The Morgan fingerprint density at radius 1 is 1.31 bits per heavy atom. The molecule has 3 nitrogen and oxygen atoms in total. The fourth-order valence-electron chi connectivity index (χ4n) is 1.39. The zero-order valence-electron chi connectivity index (χ0n) is 10.5. The van der Waals surface area contributed by atoms with Crippen LogP contribution in [0.15, 0.2) is 10.7 Å². The third kappa shape index (κ3) is 4.66. The summed E-state index contributed by atoms with van der Waals surface area (Å²) >= 11 is 3.51. The quantitative estimate of drug-likeness (QED) is 0.801. The monoisotopic (exact) mass is 288 g/mol. The number of hydrogen-bond acceptors (Lipinski definition) is 2. The first kappa shape index (κ1) is 13.7. The van der Waals surface area contributed by atoms with Crippen molar-refractivity contribution in [1.29, 1.82) is 0 Å². The largest absolute Gasteiger partial charge is 0.375 e. The highest BCUT2D eigenvalue weighted by molar-refractivity contribution is 9.10. The van der Waals surface area contributed by atoms with Crippen LogP contribution in [0.3, 0.4) is 0 Å². The number of ether oxygens (including phenoxy) is 1. The molecule has 1 aromatic heterocycles. The van der Waals surface area contributed by atoms with Gasteiger partial charge in [-0.05, 0) is 27.8 Å². The van der Waals surface area contributed by atoms with Gasteiger partial charge in [-0.3, -0.25) is 4.68 Å². The number of hydrogen-bond donors (Lipinski definition) is 0. The Morgan fingerprint density at radius 3 is 2.56 bits per heavy atom. The van der Waals surface area contributed by atoms with E-state index in [1.54, 1.807) is 0 Å². The van der Waals surface area contributed by atoms with Crippen molar-refractivity contribution < 1.29 is 4.74 Å². The summed E-state index contributed by atoms with van der Waals surface area (Å²) in [6.45, 7) is 11.0. The Balaban J connectivity index is 2.50. The van der Waals surface area contributed by atoms with E-state index in [1.807, 2.05) is 10.9 Å². The van der Waals surface area contributed by atoms with Crippen molar-refractivity contribution in [2.24, 2.45) is 11.8 Å². The fraction of sp³-hybridized carbons (Fsp3) is 0.750. The molecule has 0 unspecified atom stereocenters. The second kappa shape index (κ2) is 6.40. The molecule has 1 aromatic rings. The van der Waals surface area contributed by atoms with Gasteiger partial charge in [0.2, 0.25) is 0 Å². The molecule has 0 bridgehead atoms. The van der Waals surface area contributed by atoms with Crippen LogP contribution in [-0.4, -0.2) is 16.4 Å². The lowest BCUT2D eigenvalue weighted by atomic mass is 10.2. The highest BCUT2D eigenvalue weighted by Gasteiger charge is 2.08. The third-order valence-corrected chi connectivity index (χ3v) is 2.69. The molecule has 0 spiro atoms. The lowest BCUT2D eigenvalue weighted by molar-refractivity contribution is 0.0940. The van der Waals surface area contributed by atoms with Crippen LogP contribution in [0.2, 0.25) is 0 Å². The minimum atomic E-state index is 0.566. The van der Waals surface area contributed by atoms with E-state index in [9.17, 15) is 0 Å². The Bertz CT molecular complexity index is 321. The lowest BCUT2D eigenvalue weighted by Crippen LogP contribution is -2.06. The second-order valence-corrected chi connectivity index (χ2v) is 5.80. The number of halogens is 1. The van der Waals surface area contributed by atoms with Gasteiger partial charge in [0, 0.05) is 19.3 Å². The normalized spacial score (nSPS) is 11.7. The summed E-state index contributed by atoms with van der Waals surface area (Å²) in [6, 6.07) is 0. The average molecular weight is 289 g/mol. The van der Waals surface area contributed by atoms with E-state index in [-0.39, 0.29) is 0 Å². The summed E-state index contributed by atoms with van der Waals surface area (Å²) in [6.07, 6.45) is 2.02. The first-order valence-electron chi connectivity index (χ1n) is 5.78. The highest BCUT2D eigenvalue weighted by Crippen LogP contribution is 2.16.